The number of hydrogen-bond acceptors (Lipinski definition) is 0. The Morgan fingerprint density at radius 1 is 0.789 bits per heavy atom. The molecule has 0 bridgehead atoms. The second kappa shape index (κ2) is 5.61. The predicted octanol–water partition coefficient (Wildman–Crippen LogP) is 5.48. The second-order valence-electron chi connectivity index (χ2n) is 6.05. The first-order chi connectivity index (χ1) is 8.97. The molecule has 2 aromatic rings. The van der Waals surface area contributed by atoms with Gasteiger partial charge in [-0.25, -0.2) is 0 Å². The van der Waals surface area contributed by atoms with Crippen molar-refractivity contribution in [1.29, 1.82) is 0 Å². The number of rotatable bonds is 3. The van der Waals surface area contributed by atoms with Crippen LogP contribution in [0.4, 0.5) is 0 Å². The zero-order chi connectivity index (χ0) is 14.0. The highest BCUT2D eigenvalue weighted by Crippen LogP contribution is 2.27. The third kappa shape index (κ3) is 3.26. The summed E-state index contributed by atoms with van der Waals surface area (Å²) in [4.78, 5) is 0. The molecule has 0 aliphatic carbocycles. The molecule has 2 aromatic carbocycles. The molecular formula is C19H24. The number of hydrogen-bond donors (Lipinski definition) is 0. The summed E-state index contributed by atoms with van der Waals surface area (Å²) in [6.45, 7) is 11.1. The lowest BCUT2D eigenvalue weighted by Crippen LogP contribution is -1.94. The van der Waals surface area contributed by atoms with Gasteiger partial charge in [-0.1, -0.05) is 50.2 Å². The van der Waals surface area contributed by atoms with Gasteiger partial charge in [0.05, 0.1) is 0 Å². The van der Waals surface area contributed by atoms with Gasteiger partial charge in [-0.2, -0.15) is 0 Å². The fourth-order valence-corrected chi connectivity index (χ4v) is 2.56. The van der Waals surface area contributed by atoms with Crippen LogP contribution in [0.5, 0.6) is 0 Å². The minimum atomic E-state index is 0.717. The van der Waals surface area contributed by atoms with Crippen molar-refractivity contribution >= 4 is 0 Å². The van der Waals surface area contributed by atoms with Crippen molar-refractivity contribution in [2.75, 3.05) is 0 Å². The van der Waals surface area contributed by atoms with Crippen molar-refractivity contribution in [3.05, 3.63) is 58.7 Å². The van der Waals surface area contributed by atoms with E-state index in [1.54, 1.807) is 0 Å². The van der Waals surface area contributed by atoms with E-state index in [-0.39, 0.29) is 0 Å². The van der Waals surface area contributed by atoms with Crippen LogP contribution >= 0.6 is 0 Å². The first kappa shape index (κ1) is 13.9. The largest absolute Gasteiger partial charge is 0.0625 e. The van der Waals surface area contributed by atoms with E-state index in [1.807, 2.05) is 0 Å². The third-order valence-electron chi connectivity index (χ3n) is 3.75. The molecule has 0 N–H and O–H groups in total. The maximum atomic E-state index is 2.31. The van der Waals surface area contributed by atoms with E-state index >= 15 is 0 Å². The van der Waals surface area contributed by atoms with Crippen molar-refractivity contribution < 1.29 is 0 Å². The Hall–Kier alpha value is -1.56. The summed E-state index contributed by atoms with van der Waals surface area (Å²) in [6, 6.07) is 13.6. The van der Waals surface area contributed by atoms with Crippen LogP contribution in [-0.2, 0) is 6.42 Å². The Bertz CT molecular complexity index is 559. The molecule has 0 spiro atoms. The van der Waals surface area contributed by atoms with Crippen LogP contribution < -0.4 is 0 Å². The average Bonchev–Trinajstić information content (AvgIpc) is 2.34. The summed E-state index contributed by atoms with van der Waals surface area (Å²) < 4.78 is 0. The van der Waals surface area contributed by atoms with Crippen LogP contribution in [0, 0.1) is 26.7 Å². The molecule has 0 radical (unpaired) electrons. The number of aryl methyl sites for hydroxylation is 3. The molecule has 0 unspecified atom stereocenters. The van der Waals surface area contributed by atoms with Crippen molar-refractivity contribution in [2.45, 2.75) is 41.0 Å². The molecule has 0 saturated carbocycles. The quantitative estimate of drug-likeness (QED) is 0.678. The lowest BCUT2D eigenvalue weighted by molar-refractivity contribution is 0.647. The van der Waals surface area contributed by atoms with Gasteiger partial charge in [-0.3, -0.25) is 0 Å². The van der Waals surface area contributed by atoms with Crippen LogP contribution in [0.25, 0.3) is 11.1 Å². The SMILES string of the molecule is Cc1cc(C)c(-c2ccc(CC(C)C)cc2)cc1C. The van der Waals surface area contributed by atoms with Gasteiger partial charge in [0, 0.05) is 0 Å². The van der Waals surface area contributed by atoms with Crippen LogP contribution in [0.15, 0.2) is 36.4 Å². The molecule has 100 valence electrons. The predicted molar refractivity (Wildman–Crippen MR) is 84.6 cm³/mol. The molecule has 0 heteroatoms. The Morgan fingerprint density at radius 3 is 1.95 bits per heavy atom. The standard InChI is InChI=1S/C19H24/c1-13(2)10-17-6-8-18(9-7-17)19-12-15(4)14(3)11-16(19)5/h6-9,11-13H,10H2,1-5H3. The summed E-state index contributed by atoms with van der Waals surface area (Å²) in [5.74, 6) is 0.717. The van der Waals surface area contributed by atoms with Gasteiger partial charge in [0.25, 0.3) is 0 Å². The van der Waals surface area contributed by atoms with Gasteiger partial charge >= 0.3 is 0 Å². The van der Waals surface area contributed by atoms with Gasteiger partial charge in [-0.15, -0.1) is 0 Å². The molecule has 0 nitrogen and oxygen atoms in total. The molecule has 0 heterocycles. The van der Waals surface area contributed by atoms with Crippen molar-refractivity contribution in [3.63, 3.8) is 0 Å². The highest BCUT2D eigenvalue weighted by molar-refractivity contribution is 5.68. The normalized spacial score (nSPS) is 11.1. The molecular weight excluding hydrogens is 228 g/mol. The summed E-state index contributed by atoms with van der Waals surface area (Å²) in [6.07, 6.45) is 1.16. The van der Waals surface area contributed by atoms with E-state index in [2.05, 4.69) is 71.0 Å². The van der Waals surface area contributed by atoms with Crippen LogP contribution in [-0.4, -0.2) is 0 Å². The Labute approximate surface area is 117 Å². The van der Waals surface area contributed by atoms with Crippen molar-refractivity contribution in [1.82, 2.24) is 0 Å². The van der Waals surface area contributed by atoms with Crippen molar-refractivity contribution in [3.8, 4) is 11.1 Å². The van der Waals surface area contributed by atoms with E-state index in [1.165, 1.54) is 33.4 Å². The van der Waals surface area contributed by atoms with Crippen LogP contribution in [0.3, 0.4) is 0 Å². The van der Waals surface area contributed by atoms with E-state index in [0.717, 1.165) is 6.42 Å². The molecule has 0 amide bonds. The highest BCUT2D eigenvalue weighted by atomic mass is 14.1. The van der Waals surface area contributed by atoms with Crippen LogP contribution in [0.2, 0.25) is 0 Å². The fraction of sp³-hybridized carbons (Fsp3) is 0.368. The van der Waals surface area contributed by atoms with Gasteiger partial charge < -0.3 is 0 Å². The molecule has 0 atom stereocenters. The summed E-state index contributed by atoms with van der Waals surface area (Å²) in [7, 11) is 0. The average molecular weight is 252 g/mol. The van der Waals surface area contributed by atoms with E-state index < -0.39 is 0 Å². The summed E-state index contributed by atoms with van der Waals surface area (Å²) in [5.41, 5.74) is 8.22. The lowest BCUT2D eigenvalue weighted by Gasteiger charge is -2.11. The van der Waals surface area contributed by atoms with Crippen molar-refractivity contribution in [2.24, 2.45) is 5.92 Å². The number of benzene rings is 2. The molecule has 0 saturated heterocycles. The van der Waals surface area contributed by atoms with Crippen LogP contribution in [0.1, 0.15) is 36.1 Å². The molecule has 0 aliphatic rings. The summed E-state index contributed by atoms with van der Waals surface area (Å²) >= 11 is 0. The maximum absolute atomic E-state index is 2.31. The van der Waals surface area contributed by atoms with E-state index in [0.29, 0.717) is 5.92 Å². The zero-order valence-corrected chi connectivity index (χ0v) is 12.7. The molecule has 0 fully saturated rings. The first-order valence-corrected chi connectivity index (χ1v) is 7.14. The minimum Gasteiger partial charge on any atom is -0.0625 e. The Morgan fingerprint density at radius 2 is 1.37 bits per heavy atom. The topological polar surface area (TPSA) is 0 Å². The molecule has 2 rings (SSSR count). The molecule has 0 aliphatic heterocycles. The molecule has 19 heavy (non-hydrogen) atoms. The first-order valence-electron chi connectivity index (χ1n) is 7.14. The smallest absolute Gasteiger partial charge is 0.0152 e. The fourth-order valence-electron chi connectivity index (χ4n) is 2.56. The maximum Gasteiger partial charge on any atom is -0.0152 e. The second-order valence-corrected chi connectivity index (χ2v) is 6.05. The third-order valence-corrected chi connectivity index (χ3v) is 3.75. The zero-order valence-electron chi connectivity index (χ0n) is 12.7. The van der Waals surface area contributed by atoms with Gasteiger partial charge in [0.1, 0.15) is 0 Å². The van der Waals surface area contributed by atoms with E-state index in [4.69, 9.17) is 0 Å². The Balaban J connectivity index is 2.34. The van der Waals surface area contributed by atoms with Gasteiger partial charge in [0.2, 0.25) is 0 Å². The monoisotopic (exact) mass is 252 g/mol. The molecule has 0 aromatic heterocycles. The van der Waals surface area contributed by atoms with E-state index in [9.17, 15) is 0 Å². The minimum absolute atomic E-state index is 0.717. The van der Waals surface area contributed by atoms with Gasteiger partial charge in [0.15, 0.2) is 0 Å². The van der Waals surface area contributed by atoms with Gasteiger partial charge in [-0.05, 0) is 66.5 Å². The lowest BCUT2D eigenvalue weighted by atomic mass is 9.94. The highest BCUT2D eigenvalue weighted by Gasteiger charge is 2.05. The Kier molecular flexibility index (Phi) is 4.09. The summed E-state index contributed by atoms with van der Waals surface area (Å²) in [5, 5.41) is 0.